The van der Waals surface area contributed by atoms with E-state index in [0.29, 0.717) is 0 Å². The lowest BCUT2D eigenvalue weighted by Gasteiger charge is -2.06. The van der Waals surface area contributed by atoms with Crippen molar-refractivity contribution in [2.45, 2.75) is 13.8 Å². The van der Waals surface area contributed by atoms with Gasteiger partial charge in [0.2, 0.25) is 0 Å². The van der Waals surface area contributed by atoms with Crippen LogP contribution in [0.4, 0.5) is 0 Å². The molecule has 0 aliphatic carbocycles. The number of rotatable bonds is 4. The molecule has 0 atom stereocenters. The molecule has 0 aromatic heterocycles. The first-order valence-corrected chi connectivity index (χ1v) is 6.38. The molecule has 0 amide bonds. The van der Waals surface area contributed by atoms with Crippen LogP contribution in [0.25, 0.3) is 12.2 Å². The molecule has 0 saturated carbocycles. The molecular formula is C18H18O. The molecule has 0 radical (unpaired) electrons. The van der Waals surface area contributed by atoms with E-state index in [4.69, 9.17) is 4.74 Å². The van der Waals surface area contributed by atoms with Crippen molar-refractivity contribution in [2.24, 2.45) is 0 Å². The minimum Gasteiger partial charge on any atom is -0.467 e. The zero-order valence-corrected chi connectivity index (χ0v) is 11.3. The second-order valence-corrected chi connectivity index (χ2v) is 4.43. The van der Waals surface area contributed by atoms with Crippen molar-refractivity contribution in [3.63, 3.8) is 0 Å². The van der Waals surface area contributed by atoms with Gasteiger partial charge in [0.25, 0.3) is 0 Å². The summed E-state index contributed by atoms with van der Waals surface area (Å²) in [5.74, 6) is 1.77. The van der Waals surface area contributed by atoms with Crippen LogP contribution in [0, 0.1) is 0 Å². The predicted molar refractivity (Wildman–Crippen MR) is 81.3 cm³/mol. The maximum Gasteiger partial charge on any atom is 0.101 e. The van der Waals surface area contributed by atoms with Crippen LogP contribution < -0.4 is 0 Å². The highest BCUT2D eigenvalue weighted by molar-refractivity contribution is 5.53. The van der Waals surface area contributed by atoms with E-state index in [-0.39, 0.29) is 0 Å². The zero-order valence-electron chi connectivity index (χ0n) is 11.3. The average Bonchev–Trinajstić information content (AvgIpc) is 2.40. The first-order valence-electron chi connectivity index (χ1n) is 6.38. The van der Waals surface area contributed by atoms with E-state index in [1.807, 2.05) is 62.4 Å². The number of benzene rings is 2. The normalized spacial score (nSPS) is 12.3. The van der Waals surface area contributed by atoms with Crippen LogP contribution in [0.5, 0.6) is 0 Å². The van der Waals surface area contributed by atoms with Gasteiger partial charge in [0.15, 0.2) is 0 Å². The maximum atomic E-state index is 5.78. The van der Waals surface area contributed by atoms with E-state index < -0.39 is 0 Å². The minimum atomic E-state index is 0.885. The summed E-state index contributed by atoms with van der Waals surface area (Å²) in [6.07, 6.45) is 4.06. The smallest absolute Gasteiger partial charge is 0.101 e. The number of hydrogen-bond donors (Lipinski definition) is 0. The molecule has 2 rings (SSSR count). The molecule has 0 N–H and O–H groups in total. The van der Waals surface area contributed by atoms with Crippen LogP contribution in [0.15, 0.2) is 72.2 Å². The molecule has 0 aliphatic heterocycles. The van der Waals surface area contributed by atoms with Crippen molar-refractivity contribution in [1.82, 2.24) is 0 Å². The topological polar surface area (TPSA) is 9.23 Å². The molecule has 0 saturated heterocycles. The molecule has 0 aliphatic rings. The van der Waals surface area contributed by atoms with Gasteiger partial charge in [-0.25, -0.2) is 0 Å². The summed E-state index contributed by atoms with van der Waals surface area (Å²) in [5, 5.41) is 0. The predicted octanol–water partition coefficient (Wildman–Crippen LogP) is 5.13. The van der Waals surface area contributed by atoms with Gasteiger partial charge in [0, 0.05) is 0 Å². The van der Waals surface area contributed by atoms with Crippen molar-refractivity contribution >= 4 is 12.2 Å². The zero-order chi connectivity index (χ0) is 13.5. The molecule has 0 spiro atoms. The molecule has 2 aromatic rings. The number of allylic oxidation sites excluding steroid dienone is 2. The van der Waals surface area contributed by atoms with Crippen molar-refractivity contribution in [3.8, 4) is 0 Å². The summed E-state index contributed by atoms with van der Waals surface area (Å²) >= 11 is 0. The summed E-state index contributed by atoms with van der Waals surface area (Å²) < 4.78 is 5.78. The standard InChI is InChI=1S/C18H18O/c1-15(13-17-9-5-3-6-10-17)19-16(2)14-18-11-7-4-8-12-18/h3-14H,1-2H3. The third kappa shape index (κ3) is 4.47. The Morgan fingerprint density at radius 1 is 0.684 bits per heavy atom. The molecule has 1 heteroatoms. The van der Waals surface area contributed by atoms with Crippen molar-refractivity contribution in [3.05, 3.63) is 83.3 Å². The molecule has 0 fully saturated rings. The Labute approximate surface area is 114 Å². The van der Waals surface area contributed by atoms with Gasteiger partial charge in [-0.05, 0) is 37.1 Å². The molecule has 1 nitrogen and oxygen atoms in total. The van der Waals surface area contributed by atoms with E-state index in [9.17, 15) is 0 Å². The summed E-state index contributed by atoms with van der Waals surface area (Å²) in [6, 6.07) is 20.3. The van der Waals surface area contributed by atoms with E-state index in [0.717, 1.165) is 22.6 Å². The monoisotopic (exact) mass is 250 g/mol. The molecule has 0 bridgehead atoms. The summed E-state index contributed by atoms with van der Waals surface area (Å²) in [4.78, 5) is 0. The lowest BCUT2D eigenvalue weighted by Crippen LogP contribution is -1.86. The van der Waals surface area contributed by atoms with Crippen LogP contribution >= 0.6 is 0 Å². The van der Waals surface area contributed by atoms with Crippen molar-refractivity contribution in [2.75, 3.05) is 0 Å². The van der Waals surface area contributed by atoms with Gasteiger partial charge >= 0.3 is 0 Å². The van der Waals surface area contributed by atoms with Gasteiger partial charge in [0.1, 0.15) is 11.5 Å². The van der Waals surface area contributed by atoms with E-state index in [1.165, 1.54) is 0 Å². The first kappa shape index (κ1) is 13.2. The fraction of sp³-hybridized carbons (Fsp3) is 0.111. The Morgan fingerprint density at radius 3 is 1.42 bits per heavy atom. The molecule has 0 unspecified atom stereocenters. The molecule has 2 aromatic carbocycles. The average molecular weight is 250 g/mol. The van der Waals surface area contributed by atoms with Gasteiger partial charge in [-0.1, -0.05) is 60.7 Å². The van der Waals surface area contributed by atoms with E-state index in [2.05, 4.69) is 24.3 Å². The highest BCUT2D eigenvalue weighted by Crippen LogP contribution is 2.13. The quantitative estimate of drug-likeness (QED) is 0.684. The first-order chi connectivity index (χ1) is 9.24. The Kier molecular flexibility index (Phi) is 4.57. The fourth-order valence-electron chi connectivity index (χ4n) is 1.88. The lowest BCUT2D eigenvalue weighted by molar-refractivity contribution is 0.317. The third-order valence-electron chi connectivity index (χ3n) is 2.66. The summed E-state index contributed by atoms with van der Waals surface area (Å²) in [6.45, 7) is 3.94. The van der Waals surface area contributed by atoms with Crippen molar-refractivity contribution in [1.29, 1.82) is 0 Å². The van der Waals surface area contributed by atoms with Crippen LogP contribution in [0.1, 0.15) is 25.0 Å². The lowest BCUT2D eigenvalue weighted by atomic mass is 10.2. The molecule has 0 heterocycles. The van der Waals surface area contributed by atoms with Crippen LogP contribution in [0.3, 0.4) is 0 Å². The fourth-order valence-corrected chi connectivity index (χ4v) is 1.88. The van der Waals surface area contributed by atoms with Crippen molar-refractivity contribution < 1.29 is 4.74 Å². The second-order valence-electron chi connectivity index (χ2n) is 4.43. The number of hydrogen-bond acceptors (Lipinski definition) is 1. The molecule has 96 valence electrons. The van der Waals surface area contributed by atoms with Crippen LogP contribution in [-0.4, -0.2) is 0 Å². The highest BCUT2D eigenvalue weighted by atomic mass is 16.5. The van der Waals surface area contributed by atoms with Crippen LogP contribution in [0.2, 0.25) is 0 Å². The van der Waals surface area contributed by atoms with Gasteiger partial charge in [-0.2, -0.15) is 0 Å². The summed E-state index contributed by atoms with van der Waals surface area (Å²) in [7, 11) is 0. The van der Waals surface area contributed by atoms with E-state index >= 15 is 0 Å². The Balaban J connectivity index is 2.05. The van der Waals surface area contributed by atoms with Gasteiger partial charge in [-0.3, -0.25) is 0 Å². The molecular weight excluding hydrogens is 232 g/mol. The maximum absolute atomic E-state index is 5.78. The largest absolute Gasteiger partial charge is 0.467 e. The Bertz CT molecular complexity index is 512. The van der Waals surface area contributed by atoms with Gasteiger partial charge in [0.05, 0.1) is 0 Å². The summed E-state index contributed by atoms with van der Waals surface area (Å²) in [5.41, 5.74) is 2.29. The number of ether oxygens (including phenoxy) is 1. The molecule has 19 heavy (non-hydrogen) atoms. The van der Waals surface area contributed by atoms with E-state index in [1.54, 1.807) is 0 Å². The second kappa shape index (κ2) is 6.60. The van der Waals surface area contributed by atoms with Gasteiger partial charge < -0.3 is 4.74 Å². The minimum absolute atomic E-state index is 0.885. The van der Waals surface area contributed by atoms with Gasteiger partial charge in [-0.15, -0.1) is 0 Å². The Morgan fingerprint density at radius 2 is 1.05 bits per heavy atom. The van der Waals surface area contributed by atoms with Crippen LogP contribution in [-0.2, 0) is 4.74 Å². The third-order valence-corrected chi connectivity index (χ3v) is 2.66. The SMILES string of the molecule is CC(=Cc1ccccc1)OC(C)=Cc1ccccc1. The Hall–Kier alpha value is -2.28. The highest BCUT2D eigenvalue weighted by Gasteiger charge is 1.95.